The van der Waals surface area contributed by atoms with Crippen LogP contribution in [0.2, 0.25) is 0 Å². The lowest BCUT2D eigenvalue weighted by Crippen LogP contribution is -2.41. The normalized spacial score (nSPS) is 11.6. The van der Waals surface area contributed by atoms with E-state index in [-0.39, 0.29) is 18.5 Å². The number of aliphatic carboxylic acids is 1. The molecule has 1 rings (SSSR count). The molecule has 0 aliphatic rings. The third-order valence-corrected chi connectivity index (χ3v) is 2.56. The second kappa shape index (κ2) is 8.07. The van der Waals surface area contributed by atoms with E-state index < -0.39 is 5.97 Å². The van der Waals surface area contributed by atoms with Crippen LogP contribution in [0.1, 0.15) is 25.5 Å². The summed E-state index contributed by atoms with van der Waals surface area (Å²) in [5, 5.41) is 13.9. The third-order valence-electron chi connectivity index (χ3n) is 2.56. The molecule has 19 heavy (non-hydrogen) atoms. The summed E-state index contributed by atoms with van der Waals surface area (Å²) in [4.78, 5) is 26.0. The van der Waals surface area contributed by atoms with Crippen molar-refractivity contribution >= 4 is 12.0 Å². The van der Waals surface area contributed by atoms with E-state index in [9.17, 15) is 9.59 Å². The zero-order valence-corrected chi connectivity index (χ0v) is 10.9. The fraction of sp³-hybridized carbons (Fsp3) is 0.462. The molecule has 1 heterocycles. The van der Waals surface area contributed by atoms with Crippen molar-refractivity contribution in [2.75, 3.05) is 6.54 Å². The number of rotatable bonds is 7. The van der Waals surface area contributed by atoms with Gasteiger partial charge in [0, 0.05) is 37.3 Å². The largest absolute Gasteiger partial charge is 0.481 e. The second-order valence-electron chi connectivity index (χ2n) is 4.30. The molecular formula is C13H19N3O3. The maximum atomic E-state index is 11.5. The van der Waals surface area contributed by atoms with Crippen molar-refractivity contribution in [1.29, 1.82) is 0 Å². The molecule has 1 aromatic rings. The standard InChI is InChI=1S/C13H19N3O3/c1-10(5-6-12(17)18)16-13(19)15-9-7-11-4-2-3-8-14-11/h2-4,8,10H,5-7,9H2,1H3,(H,17,18)(H2,15,16,19). The third kappa shape index (κ3) is 7.03. The van der Waals surface area contributed by atoms with Crippen LogP contribution in [-0.2, 0) is 11.2 Å². The van der Waals surface area contributed by atoms with Crippen molar-refractivity contribution in [1.82, 2.24) is 15.6 Å². The van der Waals surface area contributed by atoms with E-state index in [4.69, 9.17) is 5.11 Å². The van der Waals surface area contributed by atoms with Crippen molar-refractivity contribution in [2.24, 2.45) is 0 Å². The Morgan fingerprint density at radius 2 is 2.21 bits per heavy atom. The molecule has 0 saturated heterocycles. The topological polar surface area (TPSA) is 91.3 Å². The molecule has 1 atom stereocenters. The maximum Gasteiger partial charge on any atom is 0.315 e. The van der Waals surface area contributed by atoms with Gasteiger partial charge < -0.3 is 15.7 Å². The Bertz CT molecular complexity index is 409. The van der Waals surface area contributed by atoms with Gasteiger partial charge in [0.2, 0.25) is 0 Å². The summed E-state index contributed by atoms with van der Waals surface area (Å²) in [5.74, 6) is -0.857. The maximum absolute atomic E-state index is 11.5. The Morgan fingerprint density at radius 1 is 1.42 bits per heavy atom. The number of hydrogen-bond acceptors (Lipinski definition) is 3. The average molecular weight is 265 g/mol. The van der Waals surface area contributed by atoms with Crippen LogP contribution in [0, 0.1) is 0 Å². The van der Waals surface area contributed by atoms with E-state index in [1.54, 1.807) is 13.1 Å². The van der Waals surface area contributed by atoms with E-state index in [1.165, 1.54) is 0 Å². The lowest BCUT2D eigenvalue weighted by molar-refractivity contribution is -0.137. The number of carboxylic acid groups (broad SMARTS) is 1. The monoisotopic (exact) mass is 265 g/mol. The number of aromatic nitrogens is 1. The van der Waals surface area contributed by atoms with Crippen LogP contribution >= 0.6 is 0 Å². The molecule has 0 spiro atoms. The molecule has 0 radical (unpaired) electrons. The van der Waals surface area contributed by atoms with Gasteiger partial charge in [0.15, 0.2) is 0 Å². The molecule has 104 valence electrons. The minimum absolute atomic E-state index is 0.0510. The Balaban J connectivity index is 2.15. The first-order chi connectivity index (χ1) is 9.08. The molecule has 0 aliphatic carbocycles. The van der Waals surface area contributed by atoms with Crippen LogP contribution in [0.5, 0.6) is 0 Å². The summed E-state index contributed by atoms with van der Waals surface area (Å²) in [6.07, 6.45) is 2.85. The summed E-state index contributed by atoms with van der Waals surface area (Å²) in [7, 11) is 0. The van der Waals surface area contributed by atoms with Gasteiger partial charge in [-0.25, -0.2) is 4.79 Å². The minimum atomic E-state index is -0.857. The number of amides is 2. The Labute approximate surface area is 112 Å². The van der Waals surface area contributed by atoms with Gasteiger partial charge in [0.25, 0.3) is 0 Å². The molecule has 0 saturated carbocycles. The fourth-order valence-electron chi connectivity index (χ4n) is 1.54. The molecule has 6 heteroatoms. The summed E-state index contributed by atoms with van der Waals surface area (Å²) in [6.45, 7) is 2.27. The lowest BCUT2D eigenvalue weighted by Gasteiger charge is -2.13. The highest BCUT2D eigenvalue weighted by molar-refractivity contribution is 5.74. The van der Waals surface area contributed by atoms with Gasteiger partial charge in [0.1, 0.15) is 0 Å². The molecule has 1 aromatic heterocycles. The number of pyridine rings is 1. The second-order valence-corrected chi connectivity index (χ2v) is 4.30. The highest BCUT2D eigenvalue weighted by Gasteiger charge is 2.08. The van der Waals surface area contributed by atoms with Gasteiger partial charge in [-0.3, -0.25) is 9.78 Å². The number of hydrogen-bond donors (Lipinski definition) is 3. The van der Waals surface area contributed by atoms with Crippen LogP contribution in [-0.4, -0.2) is 34.7 Å². The summed E-state index contributed by atoms with van der Waals surface area (Å²) in [5.41, 5.74) is 0.918. The van der Waals surface area contributed by atoms with Gasteiger partial charge in [-0.15, -0.1) is 0 Å². The fourth-order valence-corrected chi connectivity index (χ4v) is 1.54. The summed E-state index contributed by atoms with van der Waals surface area (Å²) in [6, 6.07) is 5.19. The highest BCUT2D eigenvalue weighted by Crippen LogP contribution is 1.96. The molecular weight excluding hydrogens is 246 g/mol. The first kappa shape index (κ1) is 14.9. The predicted molar refractivity (Wildman–Crippen MR) is 70.8 cm³/mol. The van der Waals surface area contributed by atoms with Crippen LogP contribution < -0.4 is 10.6 Å². The zero-order valence-electron chi connectivity index (χ0n) is 10.9. The van der Waals surface area contributed by atoms with E-state index >= 15 is 0 Å². The van der Waals surface area contributed by atoms with Crippen molar-refractivity contribution < 1.29 is 14.7 Å². The van der Waals surface area contributed by atoms with Crippen LogP contribution in [0.3, 0.4) is 0 Å². The molecule has 1 unspecified atom stereocenters. The van der Waals surface area contributed by atoms with E-state index in [1.807, 2.05) is 18.2 Å². The first-order valence-corrected chi connectivity index (χ1v) is 6.24. The quantitative estimate of drug-likeness (QED) is 0.690. The van der Waals surface area contributed by atoms with Crippen molar-refractivity contribution in [3.63, 3.8) is 0 Å². The number of carbonyl (C=O) groups is 2. The highest BCUT2D eigenvalue weighted by atomic mass is 16.4. The van der Waals surface area contributed by atoms with Crippen LogP contribution in [0.25, 0.3) is 0 Å². The predicted octanol–water partition coefficient (Wildman–Crippen LogP) is 1.18. The average Bonchev–Trinajstić information content (AvgIpc) is 2.37. The number of carboxylic acids is 1. The van der Waals surface area contributed by atoms with Gasteiger partial charge in [-0.2, -0.15) is 0 Å². The van der Waals surface area contributed by atoms with Crippen molar-refractivity contribution in [2.45, 2.75) is 32.2 Å². The molecule has 3 N–H and O–H groups in total. The summed E-state index contributed by atoms with van der Waals surface area (Å²) < 4.78 is 0. The van der Waals surface area contributed by atoms with Gasteiger partial charge in [-0.1, -0.05) is 6.07 Å². The van der Waals surface area contributed by atoms with Gasteiger partial charge >= 0.3 is 12.0 Å². The minimum Gasteiger partial charge on any atom is -0.481 e. The molecule has 2 amide bonds. The van der Waals surface area contributed by atoms with Crippen LogP contribution in [0.4, 0.5) is 4.79 Å². The van der Waals surface area contributed by atoms with Crippen molar-refractivity contribution in [3.05, 3.63) is 30.1 Å². The molecule has 0 bridgehead atoms. The number of nitrogens with zero attached hydrogens (tertiary/aromatic N) is 1. The van der Waals surface area contributed by atoms with E-state index in [0.29, 0.717) is 19.4 Å². The number of urea groups is 1. The Morgan fingerprint density at radius 3 is 2.84 bits per heavy atom. The van der Waals surface area contributed by atoms with Gasteiger partial charge in [-0.05, 0) is 25.5 Å². The molecule has 0 fully saturated rings. The number of nitrogens with one attached hydrogen (secondary N) is 2. The molecule has 0 aliphatic heterocycles. The molecule has 0 aromatic carbocycles. The SMILES string of the molecule is CC(CCC(=O)O)NC(=O)NCCc1ccccn1. The number of carbonyl (C=O) groups excluding carboxylic acids is 1. The lowest BCUT2D eigenvalue weighted by atomic mass is 10.2. The van der Waals surface area contributed by atoms with Crippen LogP contribution in [0.15, 0.2) is 24.4 Å². The van der Waals surface area contributed by atoms with Crippen molar-refractivity contribution in [3.8, 4) is 0 Å². The Kier molecular flexibility index (Phi) is 6.35. The van der Waals surface area contributed by atoms with E-state index in [0.717, 1.165) is 5.69 Å². The smallest absolute Gasteiger partial charge is 0.315 e. The zero-order chi connectivity index (χ0) is 14.1. The Hall–Kier alpha value is -2.11. The summed E-state index contributed by atoms with van der Waals surface area (Å²) >= 11 is 0. The van der Waals surface area contributed by atoms with E-state index in [2.05, 4.69) is 15.6 Å². The molecule has 6 nitrogen and oxygen atoms in total. The first-order valence-electron chi connectivity index (χ1n) is 6.24. The van der Waals surface area contributed by atoms with Gasteiger partial charge in [0.05, 0.1) is 0 Å².